The van der Waals surface area contributed by atoms with E-state index in [4.69, 9.17) is 14.3 Å². The summed E-state index contributed by atoms with van der Waals surface area (Å²) in [5.74, 6) is -0.0959. The number of halogens is 1. The molecule has 2 atom stereocenters. The van der Waals surface area contributed by atoms with Gasteiger partial charge in [0, 0.05) is 25.8 Å². The van der Waals surface area contributed by atoms with Crippen LogP contribution in [-0.4, -0.2) is 47.5 Å². The second-order valence-electron chi connectivity index (χ2n) is 7.45. The van der Waals surface area contributed by atoms with E-state index in [0.717, 1.165) is 10.2 Å². The Bertz CT molecular complexity index is 985. The maximum Gasteiger partial charge on any atom is 0.408 e. The molecular formula is C23H26BrN3O6. The molecule has 0 saturated carbocycles. The highest BCUT2D eigenvalue weighted by atomic mass is 79.9. The Morgan fingerprint density at radius 2 is 2.03 bits per heavy atom. The Labute approximate surface area is 200 Å². The topological polar surface area (TPSA) is 118 Å². The minimum atomic E-state index is -0.894. The van der Waals surface area contributed by atoms with Crippen molar-refractivity contribution in [2.75, 3.05) is 13.7 Å². The molecule has 0 saturated heterocycles. The highest BCUT2D eigenvalue weighted by Crippen LogP contribution is 2.26. The van der Waals surface area contributed by atoms with Crippen molar-refractivity contribution in [2.24, 2.45) is 5.16 Å². The Morgan fingerprint density at radius 1 is 1.24 bits per heavy atom. The zero-order chi connectivity index (χ0) is 23.6. The van der Waals surface area contributed by atoms with Gasteiger partial charge in [-0.15, -0.1) is 0 Å². The molecule has 0 radical (unpaired) electrons. The predicted octanol–water partition coefficient (Wildman–Crippen LogP) is 3.24. The number of nitrogens with one attached hydrogen (secondary N) is 2. The minimum absolute atomic E-state index is 0.0116. The number of alkyl carbamates (subject to hydrolysis) is 1. The number of hydrogen-bond acceptors (Lipinski definition) is 7. The number of oxime groups is 1. The molecule has 2 amide bonds. The molecule has 0 spiro atoms. The first-order valence-electron chi connectivity index (χ1n) is 10.4. The van der Waals surface area contributed by atoms with Crippen molar-refractivity contribution >= 4 is 32.6 Å². The number of phenols is 1. The first-order valence-corrected chi connectivity index (χ1v) is 11.2. The molecule has 0 fully saturated rings. The Hall–Kier alpha value is -3.27. The lowest BCUT2D eigenvalue weighted by Gasteiger charge is -2.19. The van der Waals surface area contributed by atoms with Crippen LogP contribution in [0, 0.1) is 0 Å². The van der Waals surface area contributed by atoms with E-state index < -0.39 is 12.1 Å². The summed E-state index contributed by atoms with van der Waals surface area (Å²) in [6.07, 6.45) is 0.584. The molecule has 33 heavy (non-hydrogen) atoms. The van der Waals surface area contributed by atoms with Crippen molar-refractivity contribution < 1.29 is 29.0 Å². The van der Waals surface area contributed by atoms with Gasteiger partial charge < -0.3 is 30.1 Å². The lowest BCUT2D eigenvalue weighted by molar-refractivity contribution is -0.123. The van der Waals surface area contributed by atoms with Gasteiger partial charge in [0.2, 0.25) is 5.91 Å². The number of nitrogens with zero attached hydrogens (tertiary/aromatic N) is 1. The van der Waals surface area contributed by atoms with Gasteiger partial charge in [-0.05, 0) is 39.2 Å². The fourth-order valence-electron chi connectivity index (χ4n) is 3.23. The van der Waals surface area contributed by atoms with Crippen molar-refractivity contribution in [3.63, 3.8) is 0 Å². The molecule has 3 rings (SSSR count). The smallest absolute Gasteiger partial charge is 0.408 e. The second-order valence-corrected chi connectivity index (χ2v) is 8.36. The third-order valence-corrected chi connectivity index (χ3v) is 5.44. The second kappa shape index (κ2) is 12.1. The number of rotatable bonds is 10. The molecule has 0 aliphatic carbocycles. The van der Waals surface area contributed by atoms with Crippen LogP contribution in [-0.2, 0) is 27.4 Å². The van der Waals surface area contributed by atoms with Crippen LogP contribution in [0.15, 0.2) is 53.7 Å². The maximum atomic E-state index is 12.9. The molecule has 1 aliphatic heterocycles. The fraction of sp³-hybridized carbons (Fsp3) is 0.348. The average molecular weight is 520 g/mol. The molecule has 2 aromatic rings. The van der Waals surface area contributed by atoms with E-state index in [1.165, 1.54) is 13.2 Å². The summed E-state index contributed by atoms with van der Waals surface area (Å²) in [6, 6.07) is 13.1. The summed E-state index contributed by atoms with van der Waals surface area (Å²) in [4.78, 5) is 30.5. The summed E-state index contributed by atoms with van der Waals surface area (Å²) in [7, 11) is 1.44. The van der Waals surface area contributed by atoms with Gasteiger partial charge >= 0.3 is 6.09 Å². The van der Waals surface area contributed by atoms with Crippen LogP contribution in [0.5, 0.6) is 11.5 Å². The van der Waals surface area contributed by atoms with Gasteiger partial charge in [-0.25, -0.2) is 4.79 Å². The Kier molecular flexibility index (Phi) is 8.94. The molecule has 1 unspecified atom stereocenters. The number of amides is 2. The number of carbonyl (C=O) groups excluding carboxylic acids is 2. The first-order chi connectivity index (χ1) is 15.9. The number of methoxy groups -OCH3 is 1. The van der Waals surface area contributed by atoms with Gasteiger partial charge in [-0.1, -0.05) is 41.6 Å². The fourth-order valence-corrected chi connectivity index (χ4v) is 3.67. The Balaban J connectivity index is 1.60. The van der Waals surface area contributed by atoms with Crippen LogP contribution >= 0.6 is 15.9 Å². The molecule has 176 valence electrons. The van der Waals surface area contributed by atoms with E-state index >= 15 is 0 Å². The molecule has 9 nitrogen and oxygen atoms in total. The molecule has 0 bridgehead atoms. The van der Waals surface area contributed by atoms with Crippen molar-refractivity contribution in [3.05, 3.63) is 59.7 Å². The summed E-state index contributed by atoms with van der Waals surface area (Å²) in [6.45, 7) is 0.442. The maximum absolute atomic E-state index is 12.9. The predicted molar refractivity (Wildman–Crippen MR) is 125 cm³/mol. The third kappa shape index (κ3) is 7.67. The van der Waals surface area contributed by atoms with E-state index in [9.17, 15) is 14.7 Å². The summed E-state index contributed by atoms with van der Waals surface area (Å²) >= 11 is 3.28. The molecular weight excluding hydrogens is 494 g/mol. The lowest BCUT2D eigenvalue weighted by atomic mass is 10.0. The monoisotopic (exact) mass is 519 g/mol. The van der Waals surface area contributed by atoms with Crippen LogP contribution < -0.4 is 15.4 Å². The summed E-state index contributed by atoms with van der Waals surface area (Å²) < 4.78 is 11.1. The largest absolute Gasteiger partial charge is 0.504 e. The molecule has 1 heterocycles. The van der Waals surface area contributed by atoms with Gasteiger partial charge in [0.05, 0.1) is 7.11 Å². The van der Waals surface area contributed by atoms with Gasteiger partial charge in [0.25, 0.3) is 0 Å². The average Bonchev–Trinajstić information content (AvgIpc) is 3.24. The number of ether oxygens (including phenoxy) is 2. The zero-order valence-electron chi connectivity index (χ0n) is 18.1. The van der Waals surface area contributed by atoms with Gasteiger partial charge in [0.15, 0.2) is 11.5 Å². The number of aromatic hydroxyl groups is 1. The van der Waals surface area contributed by atoms with Crippen LogP contribution in [0.3, 0.4) is 0 Å². The van der Waals surface area contributed by atoms with E-state index in [-0.39, 0.29) is 36.5 Å². The first kappa shape index (κ1) is 24.4. The quantitative estimate of drug-likeness (QED) is 0.443. The molecule has 1 aliphatic rings. The number of carbonyl (C=O) groups is 2. The standard InChI is InChI=1S/C23H26BrN3O6/c1-31-20-12-16(7-8-19(20)28)11-18(22(29)25-10-9-17-13-21(24)27-33-17)26-23(30)32-14-15-5-3-2-4-6-15/h2-8,12,17-18,28H,9-11,13-14H2,1H3,(H,25,29)(H,26,30)/t17?,18-/m0/s1. The van der Waals surface area contributed by atoms with Crippen molar-refractivity contribution in [3.8, 4) is 11.5 Å². The van der Waals surface area contributed by atoms with E-state index in [1.807, 2.05) is 30.3 Å². The molecule has 10 heteroatoms. The van der Waals surface area contributed by atoms with E-state index in [2.05, 4.69) is 31.7 Å². The van der Waals surface area contributed by atoms with Crippen molar-refractivity contribution in [1.82, 2.24) is 10.6 Å². The minimum Gasteiger partial charge on any atom is -0.504 e. The third-order valence-electron chi connectivity index (χ3n) is 4.97. The van der Waals surface area contributed by atoms with Crippen LogP contribution in [0.1, 0.15) is 24.0 Å². The van der Waals surface area contributed by atoms with Crippen molar-refractivity contribution in [1.29, 1.82) is 0 Å². The molecule has 0 aromatic heterocycles. The highest BCUT2D eigenvalue weighted by Gasteiger charge is 2.24. The Morgan fingerprint density at radius 3 is 2.73 bits per heavy atom. The zero-order valence-corrected chi connectivity index (χ0v) is 19.7. The van der Waals surface area contributed by atoms with Gasteiger partial charge in [-0.2, -0.15) is 0 Å². The van der Waals surface area contributed by atoms with Gasteiger partial charge in [-0.3, -0.25) is 4.79 Å². The number of hydrogen-bond donors (Lipinski definition) is 3. The van der Waals surface area contributed by atoms with Crippen LogP contribution in [0.2, 0.25) is 0 Å². The van der Waals surface area contributed by atoms with Gasteiger partial charge in [0.1, 0.15) is 23.4 Å². The highest BCUT2D eigenvalue weighted by molar-refractivity contribution is 9.18. The summed E-state index contributed by atoms with van der Waals surface area (Å²) in [5, 5.41) is 19.1. The number of benzene rings is 2. The van der Waals surface area contributed by atoms with Crippen molar-refractivity contribution in [2.45, 2.75) is 38.0 Å². The summed E-state index contributed by atoms with van der Waals surface area (Å²) in [5.41, 5.74) is 1.53. The molecule has 3 N–H and O–H groups in total. The van der Waals surface area contributed by atoms with E-state index in [1.54, 1.807) is 12.1 Å². The lowest BCUT2D eigenvalue weighted by Crippen LogP contribution is -2.48. The SMILES string of the molecule is COc1cc(C[C@H](NC(=O)OCc2ccccc2)C(=O)NCCC2CC(Br)=NO2)ccc1O. The normalized spacial score (nSPS) is 15.7. The van der Waals surface area contributed by atoms with E-state index in [0.29, 0.717) is 24.9 Å². The van der Waals surface area contributed by atoms with Crippen LogP contribution in [0.25, 0.3) is 0 Å². The number of phenolic OH excluding ortho intramolecular Hbond substituents is 1. The van der Waals surface area contributed by atoms with Crippen LogP contribution in [0.4, 0.5) is 4.79 Å². The molecule has 2 aromatic carbocycles.